The van der Waals surface area contributed by atoms with Gasteiger partial charge in [0.1, 0.15) is 17.6 Å². The van der Waals surface area contributed by atoms with E-state index in [0.29, 0.717) is 28.2 Å². The van der Waals surface area contributed by atoms with Gasteiger partial charge in [-0.2, -0.15) is 0 Å². The molecule has 2 heterocycles. The maximum Gasteiger partial charge on any atom is 0.475 e. The van der Waals surface area contributed by atoms with E-state index in [1.54, 1.807) is 67.6 Å². The van der Waals surface area contributed by atoms with Gasteiger partial charge in [-0.25, -0.2) is 9.36 Å². The Balaban J connectivity index is 1.42. The number of hydrogen-bond acceptors (Lipinski definition) is 11. The summed E-state index contributed by atoms with van der Waals surface area (Å²) >= 11 is 0. The van der Waals surface area contributed by atoms with Crippen LogP contribution < -0.4 is 20.7 Å². The Hall–Kier alpha value is -4.13. The van der Waals surface area contributed by atoms with E-state index in [1.807, 2.05) is 0 Å². The number of aryl methyl sites for hydroxylation is 1. The van der Waals surface area contributed by atoms with Gasteiger partial charge in [-0.05, 0) is 48.4 Å². The first-order valence-corrected chi connectivity index (χ1v) is 14.2. The molecule has 222 valence electrons. The van der Waals surface area contributed by atoms with Crippen LogP contribution in [0.2, 0.25) is 0 Å². The largest absolute Gasteiger partial charge is 0.475 e. The highest BCUT2D eigenvalue weighted by molar-refractivity contribution is 7.48. The van der Waals surface area contributed by atoms with Crippen LogP contribution in [0.3, 0.4) is 0 Å². The number of phosphoric ester groups is 1. The molecule has 1 aliphatic rings. The standard InChI is InChI=1S/C28H29N2O11P/c1-18-14-30(28(34)29-27(18)33)26-13-12-25(41-26)17-38-42(35,36-15-21-4-8-23(9-5-21)39-19(2)31)37-16-22-6-10-24(11-7-22)40-20(3)32/h4-14,25-26H,15-17H2,1-3H3,(H,29,33,34)/t25-,26+/m0/s1. The van der Waals surface area contributed by atoms with E-state index in [4.69, 9.17) is 27.8 Å². The van der Waals surface area contributed by atoms with Crippen molar-refractivity contribution in [2.45, 2.75) is 46.3 Å². The Bertz CT molecular complexity index is 1540. The Morgan fingerprint density at radius 1 is 0.857 bits per heavy atom. The fraction of sp³-hybridized carbons (Fsp3) is 0.286. The highest BCUT2D eigenvalue weighted by atomic mass is 31.2. The lowest BCUT2D eigenvalue weighted by Crippen LogP contribution is -2.33. The zero-order valence-corrected chi connectivity index (χ0v) is 23.9. The summed E-state index contributed by atoms with van der Waals surface area (Å²) in [4.78, 5) is 48.4. The molecular weight excluding hydrogens is 571 g/mol. The molecule has 0 spiro atoms. The molecule has 1 aromatic heterocycles. The summed E-state index contributed by atoms with van der Waals surface area (Å²) in [5.74, 6) is -0.236. The number of carbonyl (C=O) groups is 2. The summed E-state index contributed by atoms with van der Waals surface area (Å²) < 4.78 is 47.6. The van der Waals surface area contributed by atoms with Crippen molar-refractivity contribution < 1.29 is 41.9 Å². The number of H-pyrrole nitrogens is 1. The second kappa shape index (κ2) is 13.7. The Kier molecular flexibility index (Phi) is 10.0. The second-order valence-corrected chi connectivity index (χ2v) is 10.9. The molecule has 0 fully saturated rings. The number of carbonyl (C=O) groups excluding carboxylic acids is 2. The summed E-state index contributed by atoms with van der Waals surface area (Å²) in [5, 5.41) is 0. The second-order valence-electron chi connectivity index (χ2n) is 9.19. The third kappa shape index (κ3) is 8.68. The highest BCUT2D eigenvalue weighted by Crippen LogP contribution is 2.51. The minimum Gasteiger partial charge on any atom is -0.427 e. The number of phosphoric acid groups is 1. The summed E-state index contributed by atoms with van der Waals surface area (Å²) in [5.41, 5.74) is 0.413. The maximum absolute atomic E-state index is 13.6. The Labute approximate surface area is 240 Å². The Morgan fingerprint density at radius 2 is 1.38 bits per heavy atom. The molecule has 13 nitrogen and oxygen atoms in total. The zero-order valence-electron chi connectivity index (χ0n) is 23.0. The number of benzene rings is 2. The van der Waals surface area contributed by atoms with Crippen molar-refractivity contribution in [2.24, 2.45) is 0 Å². The van der Waals surface area contributed by atoms with Crippen molar-refractivity contribution in [2.75, 3.05) is 6.61 Å². The molecule has 1 N–H and O–H groups in total. The van der Waals surface area contributed by atoms with Crippen LogP contribution in [0.25, 0.3) is 0 Å². The van der Waals surface area contributed by atoms with E-state index in [0.717, 1.165) is 0 Å². The highest BCUT2D eigenvalue weighted by Gasteiger charge is 2.31. The third-order valence-corrected chi connectivity index (χ3v) is 7.13. The van der Waals surface area contributed by atoms with E-state index in [1.165, 1.54) is 24.6 Å². The molecule has 0 bridgehead atoms. The van der Waals surface area contributed by atoms with Crippen LogP contribution in [0.15, 0.2) is 76.5 Å². The first kappa shape index (κ1) is 30.8. The molecule has 0 aliphatic carbocycles. The minimum atomic E-state index is -4.19. The number of aromatic nitrogens is 2. The quantitative estimate of drug-likeness (QED) is 0.140. The van der Waals surface area contributed by atoms with Gasteiger partial charge in [0.25, 0.3) is 5.56 Å². The number of aromatic amines is 1. The van der Waals surface area contributed by atoms with Crippen molar-refractivity contribution in [1.29, 1.82) is 0 Å². The van der Waals surface area contributed by atoms with Crippen LogP contribution in [0, 0.1) is 6.92 Å². The number of hydrogen-bond donors (Lipinski definition) is 1. The van der Waals surface area contributed by atoms with Crippen molar-refractivity contribution in [3.05, 3.63) is 104 Å². The van der Waals surface area contributed by atoms with Gasteiger partial charge < -0.3 is 14.2 Å². The van der Waals surface area contributed by atoms with Gasteiger partial charge in [0.2, 0.25) is 0 Å². The fourth-order valence-corrected chi connectivity index (χ4v) is 4.91. The van der Waals surface area contributed by atoms with Crippen LogP contribution in [0.5, 0.6) is 11.5 Å². The van der Waals surface area contributed by atoms with Crippen LogP contribution in [-0.4, -0.2) is 34.2 Å². The summed E-state index contributed by atoms with van der Waals surface area (Å²) in [6.07, 6.45) is 3.10. The number of rotatable bonds is 12. The number of nitrogens with one attached hydrogen (secondary N) is 1. The molecule has 2 atom stereocenters. The topological polar surface area (TPSA) is 161 Å². The normalized spacial score (nSPS) is 16.4. The predicted molar refractivity (Wildman–Crippen MR) is 148 cm³/mol. The summed E-state index contributed by atoms with van der Waals surface area (Å²) in [7, 11) is -4.19. The molecule has 0 saturated carbocycles. The summed E-state index contributed by atoms with van der Waals surface area (Å²) in [6, 6.07) is 12.8. The van der Waals surface area contributed by atoms with Gasteiger partial charge in [0, 0.05) is 25.6 Å². The van der Waals surface area contributed by atoms with E-state index in [-0.39, 0.29) is 19.8 Å². The van der Waals surface area contributed by atoms with Gasteiger partial charge in [-0.3, -0.25) is 37.5 Å². The average Bonchev–Trinajstić information content (AvgIpc) is 3.42. The van der Waals surface area contributed by atoms with Crippen molar-refractivity contribution >= 4 is 19.8 Å². The summed E-state index contributed by atoms with van der Waals surface area (Å²) in [6.45, 7) is 3.59. The maximum atomic E-state index is 13.6. The molecule has 0 radical (unpaired) electrons. The molecule has 0 amide bonds. The van der Waals surface area contributed by atoms with E-state index in [9.17, 15) is 23.7 Å². The van der Waals surface area contributed by atoms with Gasteiger partial charge in [-0.15, -0.1) is 0 Å². The number of esters is 2. The van der Waals surface area contributed by atoms with Crippen LogP contribution in [-0.2, 0) is 45.7 Å². The van der Waals surface area contributed by atoms with Crippen molar-refractivity contribution in [1.82, 2.24) is 9.55 Å². The molecule has 4 rings (SSSR count). The first-order chi connectivity index (χ1) is 20.0. The lowest BCUT2D eigenvalue weighted by atomic mass is 10.2. The molecular formula is C28H29N2O11P. The molecule has 14 heteroatoms. The fourth-order valence-electron chi connectivity index (χ4n) is 3.74. The van der Waals surface area contributed by atoms with E-state index < -0.39 is 43.3 Å². The van der Waals surface area contributed by atoms with E-state index in [2.05, 4.69) is 4.98 Å². The predicted octanol–water partition coefficient (Wildman–Crippen LogP) is 3.71. The smallest absolute Gasteiger partial charge is 0.427 e. The number of nitrogens with zero attached hydrogens (tertiary/aromatic N) is 1. The van der Waals surface area contributed by atoms with Crippen LogP contribution in [0.1, 0.15) is 36.8 Å². The average molecular weight is 601 g/mol. The van der Waals surface area contributed by atoms with Gasteiger partial charge in [0.15, 0.2) is 6.23 Å². The number of ether oxygens (including phenoxy) is 3. The van der Waals surface area contributed by atoms with Gasteiger partial charge >= 0.3 is 25.5 Å². The first-order valence-electron chi connectivity index (χ1n) is 12.7. The molecule has 2 aromatic carbocycles. The monoisotopic (exact) mass is 600 g/mol. The van der Waals surface area contributed by atoms with Crippen LogP contribution >= 0.6 is 7.82 Å². The zero-order chi connectivity index (χ0) is 30.3. The molecule has 1 aliphatic heterocycles. The van der Waals surface area contributed by atoms with Gasteiger partial charge in [-0.1, -0.05) is 30.3 Å². The Morgan fingerprint density at radius 3 is 1.88 bits per heavy atom. The lowest BCUT2D eigenvalue weighted by molar-refractivity contribution is -0.132. The van der Waals surface area contributed by atoms with Crippen molar-refractivity contribution in [3.8, 4) is 11.5 Å². The SMILES string of the molecule is CC(=O)Oc1ccc(COP(=O)(OCc2ccc(OC(C)=O)cc2)OC[C@@H]2C=C[C@H](n3cc(C)c(=O)[nH]c3=O)O2)cc1. The molecule has 42 heavy (non-hydrogen) atoms. The van der Waals surface area contributed by atoms with Gasteiger partial charge in [0.05, 0.1) is 19.8 Å². The lowest BCUT2D eigenvalue weighted by Gasteiger charge is -2.21. The minimum absolute atomic E-state index is 0.154. The molecule has 0 saturated heterocycles. The van der Waals surface area contributed by atoms with Crippen LogP contribution in [0.4, 0.5) is 0 Å². The van der Waals surface area contributed by atoms with E-state index >= 15 is 0 Å². The molecule has 3 aromatic rings. The molecule has 0 unspecified atom stereocenters. The third-order valence-electron chi connectivity index (χ3n) is 5.77. The van der Waals surface area contributed by atoms with Crippen molar-refractivity contribution in [3.63, 3.8) is 0 Å².